The van der Waals surface area contributed by atoms with Gasteiger partial charge in [-0.25, -0.2) is 0 Å². The quantitative estimate of drug-likeness (QED) is 0.874. The molecule has 1 atom stereocenters. The van der Waals surface area contributed by atoms with Gasteiger partial charge in [-0.3, -0.25) is 0 Å². The number of furan rings is 1. The third-order valence-electron chi connectivity index (χ3n) is 3.15. The van der Waals surface area contributed by atoms with Crippen LogP contribution in [0, 0.1) is 0 Å². The lowest BCUT2D eigenvalue weighted by Gasteiger charge is -2.14. The number of hydrogen-bond acceptors (Lipinski definition) is 3. The summed E-state index contributed by atoms with van der Waals surface area (Å²) >= 11 is 0. The zero-order valence-corrected chi connectivity index (χ0v) is 9.77. The maximum atomic E-state index is 5.40. The molecule has 0 fully saturated rings. The van der Waals surface area contributed by atoms with Gasteiger partial charge in [-0.05, 0) is 36.2 Å². The molecule has 2 heterocycles. The van der Waals surface area contributed by atoms with Gasteiger partial charge in [0.1, 0.15) is 0 Å². The van der Waals surface area contributed by atoms with Gasteiger partial charge < -0.3 is 14.5 Å². The maximum absolute atomic E-state index is 5.40. The van der Waals surface area contributed by atoms with Crippen molar-refractivity contribution < 1.29 is 9.15 Å². The van der Waals surface area contributed by atoms with Crippen LogP contribution >= 0.6 is 0 Å². The van der Waals surface area contributed by atoms with E-state index in [2.05, 4.69) is 30.4 Å². The van der Waals surface area contributed by atoms with Gasteiger partial charge in [0, 0.05) is 11.3 Å². The van der Waals surface area contributed by atoms with E-state index in [-0.39, 0.29) is 6.04 Å². The first-order chi connectivity index (χ1) is 8.33. The van der Waals surface area contributed by atoms with Crippen molar-refractivity contribution >= 4 is 5.69 Å². The molecule has 1 aromatic heterocycles. The monoisotopic (exact) mass is 229 g/mol. The van der Waals surface area contributed by atoms with E-state index in [1.807, 2.05) is 6.07 Å². The first-order valence-corrected chi connectivity index (χ1v) is 5.81. The van der Waals surface area contributed by atoms with Crippen molar-refractivity contribution in [2.24, 2.45) is 0 Å². The average Bonchev–Trinajstić information content (AvgIpc) is 2.99. The highest BCUT2D eigenvalue weighted by Gasteiger charge is 2.12. The minimum atomic E-state index is 0.245. The van der Waals surface area contributed by atoms with Gasteiger partial charge in [0.05, 0.1) is 31.8 Å². The first-order valence-electron chi connectivity index (χ1n) is 5.81. The van der Waals surface area contributed by atoms with Crippen molar-refractivity contribution in [3.63, 3.8) is 0 Å². The number of anilines is 1. The fraction of sp³-hybridized carbons (Fsp3) is 0.286. The van der Waals surface area contributed by atoms with Crippen LogP contribution in [0.4, 0.5) is 5.69 Å². The van der Waals surface area contributed by atoms with Crippen molar-refractivity contribution in [1.29, 1.82) is 0 Å². The zero-order valence-electron chi connectivity index (χ0n) is 9.77. The van der Waals surface area contributed by atoms with E-state index < -0.39 is 0 Å². The molecule has 1 aliphatic rings. The van der Waals surface area contributed by atoms with E-state index in [0.29, 0.717) is 0 Å². The molecule has 3 heteroatoms. The molecule has 0 aliphatic carbocycles. The molecule has 0 bridgehead atoms. The Hall–Kier alpha value is -1.74. The Bertz CT molecular complexity index is 505. The van der Waals surface area contributed by atoms with E-state index >= 15 is 0 Å². The molecule has 0 radical (unpaired) electrons. The van der Waals surface area contributed by atoms with Gasteiger partial charge in [-0.1, -0.05) is 6.07 Å². The van der Waals surface area contributed by atoms with Crippen molar-refractivity contribution in [2.75, 3.05) is 5.32 Å². The third kappa shape index (κ3) is 2.06. The number of ether oxygens (including phenoxy) is 1. The van der Waals surface area contributed by atoms with Gasteiger partial charge in [0.2, 0.25) is 0 Å². The lowest BCUT2D eigenvalue weighted by Crippen LogP contribution is -2.05. The molecule has 0 saturated heterocycles. The lowest BCUT2D eigenvalue weighted by molar-refractivity contribution is 0.134. The summed E-state index contributed by atoms with van der Waals surface area (Å²) in [5.74, 6) is 0. The first kappa shape index (κ1) is 10.4. The van der Waals surface area contributed by atoms with Crippen LogP contribution in [-0.4, -0.2) is 0 Å². The molecule has 3 rings (SSSR count). The summed E-state index contributed by atoms with van der Waals surface area (Å²) in [5, 5.41) is 3.46. The number of hydrogen-bond donors (Lipinski definition) is 1. The summed E-state index contributed by atoms with van der Waals surface area (Å²) < 4.78 is 10.5. The maximum Gasteiger partial charge on any atom is 0.0955 e. The lowest BCUT2D eigenvalue weighted by atomic mass is 10.1. The van der Waals surface area contributed by atoms with E-state index in [0.717, 1.165) is 24.5 Å². The van der Waals surface area contributed by atoms with Gasteiger partial charge in [-0.2, -0.15) is 0 Å². The Balaban J connectivity index is 1.77. The van der Waals surface area contributed by atoms with Crippen LogP contribution in [0.5, 0.6) is 0 Å². The molecule has 3 nitrogen and oxygen atoms in total. The number of rotatable bonds is 3. The molecule has 88 valence electrons. The summed E-state index contributed by atoms with van der Waals surface area (Å²) in [5.41, 5.74) is 4.87. The molecule has 1 unspecified atom stereocenters. The van der Waals surface area contributed by atoms with E-state index in [9.17, 15) is 0 Å². The summed E-state index contributed by atoms with van der Waals surface area (Å²) in [4.78, 5) is 0. The van der Waals surface area contributed by atoms with Gasteiger partial charge >= 0.3 is 0 Å². The summed E-state index contributed by atoms with van der Waals surface area (Å²) in [6, 6.07) is 8.62. The molecule has 0 amide bonds. The van der Waals surface area contributed by atoms with E-state index in [1.54, 1.807) is 12.5 Å². The summed E-state index contributed by atoms with van der Waals surface area (Å²) in [6.07, 6.45) is 3.47. The second kappa shape index (κ2) is 4.26. The largest absolute Gasteiger partial charge is 0.472 e. The van der Waals surface area contributed by atoms with Gasteiger partial charge in [0.25, 0.3) is 0 Å². The Labute approximate surface area is 100 Å². The fourth-order valence-electron chi connectivity index (χ4n) is 2.12. The predicted octanol–water partition coefficient (Wildman–Crippen LogP) is 3.48. The minimum Gasteiger partial charge on any atom is -0.472 e. The minimum absolute atomic E-state index is 0.245. The second-order valence-electron chi connectivity index (χ2n) is 4.40. The average molecular weight is 229 g/mol. The molecule has 1 aromatic carbocycles. The highest BCUT2D eigenvalue weighted by atomic mass is 16.5. The van der Waals surface area contributed by atoms with E-state index in [1.165, 1.54) is 11.1 Å². The highest BCUT2D eigenvalue weighted by molar-refractivity contribution is 5.50. The van der Waals surface area contributed by atoms with Crippen LogP contribution in [0.2, 0.25) is 0 Å². The van der Waals surface area contributed by atoms with Crippen molar-refractivity contribution in [3.8, 4) is 0 Å². The Kier molecular flexibility index (Phi) is 2.61. The van der Waals surface area contributed by atoms with Crippen molar-refractivity contribution in [2.45, 2.75) is 26.2 Å². The zero-order chi connectivity index (χ0) is 11.7. The topological polar surface area (TPSA) is 34.4 Å². The van der Waals surface area contributed by atoms with Crippen LogP contribution in [0.3, 0.4) is 0 Å². The second-order valence-corrected chi connectivity index (χ2v) is 4.40. The number of fused-ring (bicyclic) bond motifs is 1. The smallest absolute Gasteiger partial charge is 0.0955 e. The number of nitrogens with one attached hydrogen (secondary N) is 1. The number of benzene rings is 1. The Morgan fingerprint density at radius 2 is 2.06 bits per heavy atom. The van der Waals surface area contributed by atoms with Crippen LogP contribution in [0.25, 0.3) is 0 Å². The van der Waals surface area contributed by atoms with Crippen LogP contribution < -0.4 is 5.32 Å². The molecule has 0 spiro atoms. The summed E-state index contributed by atoms with van der Waals surface area (Å²) in [6.45, 7) is 3.59. The molecule has 17 heavy (non-hydrogen) atoms. The molecular weight excluding hydrogens is 214 g/mol. The van der Waals surface area contributed by atoms with Crippen LogP contribution in [0.15, 0.2) is 41.2 Å². The van der Waals surface area contributed by atoms with Crippen LogP contribution in [-0.2, 0) is 18.0 Å². The standard InChI is InChI=1S/C14H15NO2/c1-10(11-4-5-16-7-11)15-14-3-2-12-8-17-9-13(12)6-14/h2-7,10,15H,8-9H2,1H3. The van der Waals surface area contributed by atoms with E-state index in [4.69, 9.17) is 9.15 Å². The summed E-state index contributed by atoms with van der Waals surface area (Å²) in [7, 11) is 0. The predicted molar refractivity (Wildman–Crippen MR) is 65.7 cm³/mol. The Morgan fingerprint density at radius 3 is 2.88 bits per heavy atom. The molecule has 1 aliphatic heterocycles. The van der Waals surface area contributed by atoms with Crippen molar-refractivity contribution in [3.05, 3.63) is 53.5 Å². The molecule has 2 aromatic rings. The van der Waals surface area contributed by atoms with Gasteiger partial charge in [-0.15, -0.1) is 0 Å². The third-order valence-corrected chi connectivity index (χ3v) is 3.15. The fourth-order valence-corrected chi connectivity index (χ4v) is 2.12. The molecular formula is C14H15NO2. The molecule has 1 N–H and O–H groups in total. The SMILES string of the molecule is CC(Nc1ccc2c(c1)COC2)c1ccoc1. The Morgan fingerprint density at radius 1 is 1.18 bits per heavy atom. The normalized spacial score (nSPS) is 15.6. The highest BCUT2D eigenvalue weighted by Crippen LogP contribution is 2.25. The molecule has 0 saturated carbocycles. The van der Waals surface area contributed by atoms with Crippen LogP contribution in [0.1, 0.15) is 29.7 Å². The van der Waals surface area contributed by atoms with Crippen molar-refractivity contribution in [1.82, 2.24) is 0 Å². The van der Waals surface area contributed by atoms with Gasteiger partial charge in [0.15, 0.2) is 0 Å².